The summed E-state index contributed by atoms with van der Waals surface area (Å²) in [5.74, 6) is 1.90. The Morgan fingerprint density at radius 2 is 2.05 bits per heavy atom. The summed E-state index contributed by atoms with van der Waals surface area (Å²) in [6.45, 7) is 2.61. The number of fused-ring (bicyclic) bond motifs is 1. The molecule has 0 amide bonds. The van der Waals surface area contributed by atoms with Gasteiger partial charge in [-0.25, -0.2) is 9.97 Å². The molecule has 0 fully saturated rings. The molecule has 0 aromatic carbocycles. The van der Waals surface area contributed by atoms with Crippen molar-refractivity contribution < 1.29 is 0 Å². The van der Waals surface area contributed by atoms with Gasteiger partial charge in [-0.3, -0.25) is 9.36 Å². The third-order valence-corrected chi connectivity index (χ3v) is 3.51. The van der Waals surface area contributed by atoms with Crippen LogP contribution in [0.5, 0.6) is 0 Å². The number of rotatable bonds is 4. The minimum Gasteiger partial charge on any atom is -0.304 e. The number of imidazole rings is 1. The van der Waals surface area contributed by atoms with Crippen molar-refractivity contribution in [2.45, 2.75) is 25.8 Å². The van der Waals surface area contributed by atoms with Gasteiger partial charge in [-0.05, 0) is 6.42 Å². The smallest absolute Gasteiger partial charge is 0.170 e. The first kappa shape index (κ1) is 13.1. The molecule has 106 valence electrons. The number of hydrogen-bond acceptors (Lipinski definition) is 4. The molecule has 0 aliphatic rings. The average Bonchev–Trinajstić information content (AvgIpc) is 3.07. The van der Waals surface area contributed by atoms with Crippen molar-refractivity contribution in [2.24, 2.45) is 14.1 Å². The Balaban J connectivity index is 2.14. The average molecular weight is 294 g/mol. The Hall–Kier alpha value is -1.89. The molecule has 0 aliphatic heterocycles. The van der Waals surface area contributed by atoms with Gasteiger partial charge in [0.2, 0.25) is 0 Å². The molecule has 0 saturated carbocycles. The number of halogens is 1. The minimum atomic E-state index is 0.352. The second-order valence-corrected chi connectivity index (χ2v) is 4.95. The zero-order valence-corrected chi connectivity index (χ0v) is 12.5. The predicted molar refractivity (Wildman–Crippen MR) is 75.5 cm³/mol. The largest absolute Gasteiger partial charge is 0.304 e. The molecule has 3 aromatic heterocycles. The number of aryl methyl sites for hydroxylation is 3. The first-order valence-electron chi connectivity index (χ1n) is 6.45. The van der Waals surface area contributed by atoms with E-state index >= 15 is 0 Å². The van der Waals surface area contributed by atoms with Gasteiger partial charge in [0, 0.05) is 14.1 Å². The lowest BCUT2D eigenvalue weighted by molar-refractivity contribution is 0.666. The normalized spacial score (nSPS) is 11.6. The van der Waals surface area contributed by atoms with E-state index in [2.05, 4.69) is 27.1 Å². The van der Waals surface area contributed by atoms with Crippen molar-refractivity contribution in [1.29, 1.82) is 0 Å². The van der Waals surface area contributed by atoms with Crippen LogP contribution < -0.4 is 0 Å². The summed E-state index contributed by atoms with van der Waals surface area (Å²) < 4.78 is 5.56. The summed E-state index contributed by atoms with van der Waals surface area (Å²) in [5, 5.41) is 8.80. The van der Waals surface area contributed by atoms with Crippen molar-refractivity contribution in [3.05, 3.63) is 23.7 Å². The van der Waals surface area contributed by atoms with E-state index in [4.69, 9.17) is 11.6 Å². The van der Waals surface area contributed by atoms with Crippen molar-refractivity contribution >= 4 is 22.8 Å². The van der Waals surface area contributed by atoms with Gasteiger partial charge < -0.3 is 4.57 Å². The molecule has 0 aliphatic carbocycles. The highest BCUT2D eigenvalue weighted by Crippen LogP contribution is 2.21. The molecule has 0 saturated heterocycles. The van der Waals surface area contributed by atoms with Gasteiger partial charge in [0.05, 0.1) is 18.1 Å². The van der Waals surface area contributed by atoms with Gasteiger partial charge in [-0.15, -0.1) is 11.6 Å². The van der Waals surface area contributed by atoms with E-state index in [0.717, 1.165) is 34.9 Å². The van der Waals surface area contributed by atoms with Crippen molar-refractivity contribution in [3.63, 3.8) is 0 Å². The van der Waals surface area contributed by atoms with Crippen LogP contribution in [0.2, 0.25) is 0 Å². The van der Waals surface area contributed by atoms with Gasteiger partial charge in [-0.2, -0.15) is 10.2 Å². The van der Waals surface area contributed by atoms with Crippen LogP contribution in [0.3, 0.4) is 0 Å². The monoisotopic (exact) mass is 293 g/mol. The summed E-state index contributed by atoms with van der Waals surface area (Å²) in [7, 11) is 3.77. The van der Waals surface area contributed by atoms with Gasteiger partial charge >= 0.3 is 0 Å². The summed E-state index contributed by atoms with van der Waals surface area (Å²) in [5.41, 5.74) is 2.87. The van der Waals surface area contributed by atoms with E-state index in [9.17, 15) is 0 Å². The molecule has 0 radical (unpaired) electrons. The van der Waals surface area contributed by atoms with E-state index in [1.54, 1.807) is 11.0 Å². The van der Waals surface area contributed by atoms with E-state index < -0.39 is 0 Å². The second-order valence-electron chi connectivity index (χ2n) is 4.68. The van der Waals surface area contributed by atoms with E-state index in [-0.39, 0.29) is 0 Å². The Bertz CT molecular complexity index is 751. The molecule has 0 bridgehead atoms. The van der Waals surface area contributed by atoms with Crippen LogP contribution >= 0.6 is 11.6 Å². The van der Waals surface area contributed by atoms with Crippen LogP contribution in [-0.4, -0.2) is 34.1 Å². The fraction of sp³-hybridized carbons (Fsp3) is 0.500. The Morgan fingerprint density at radius 1 is 1.25 bits per heavy atom. The van der Waals surface area contributed by atoms with Crippen LogP contribution in [0.4, 0.5) is 0 Å². The third kappa shape index (κ3) is 1.98. The number of hydrogen-bond donors (Lipinski definition) is 0. The summed E-state index contributed by atoms with van der Waals surface area (Å²) in [6, 6.07) is 0. The predicted octanol–water partition coefficient (Wildman–Crippen LogP) is 1.25. The fourth-order valence-corrected chi connectivity index (χ4v) is 2.59. The maximum atomic E-state index is 6.02. The second kappa shape index (κ2) is 4.90. The molecule has 0 spiro atoms. The summed E-state index contributed by atoms with van der Waals surface area (Å²) in [6.07, 6.45) is 2.53. The molecule has 7 nitrogen and oxygen atoms in total. The number of nitrogens with zero attached hydrogens (tertiary/aromatic N) is 7. The van der Waals surface area contributed by atoms with Gasteiger partial charge in [-0.1, -0.05) is 6.92 Å². The molecule has 3 aromatic rings. The molecule has 3 heterocycles. The van der Waals surface area contributed by atoms with E-state index in [0.29, 0.717) is 12.4 Å². The standard InChI is InChI=1S/C12H16ClN7/c1-4-8-11-12(19(3)16-8)20(10(5-13)15-11)6-9-14-7-18(2)17-9/h7H,4-6H2,1-3H3. The Morgan fingerprint density at radius 3 is 2.65 bits per heavy atom. The van der Waals surface area contributed by atoms with Gasteiger partial charge in [0.1, 0.15) is 17.7 Å². The Kier molecular flexibility index (Phi) is 3.21. The lowest BCUT2D eigenvalue weighted by Gasteiger charge is -2.05. The SMILES string of the molecule is CCc1nn(C)c2c1nc(CCl)n2Cc1ncn(C)n1. The molecule has 3 rings (SSSR count). The quantitative estimate of drug-likeness (QED) is 0.679. The van der Waals surface area contributed by atoms with Crippen LogP contribution in [0.1, 0.15) is 24.3 Å². The molecule has 0 atom stereocenters. The van der Waals surface area contributed by atoms with E-state index in [1.807, 2.05) is 23.3 Å². The van der Waals surface area contributed by atoms with Crippen LogP contribution in [0.25, 0.3) is 11.2 Å². The molecule has 0 N–H and O–H groups in total. The summed E-state index contributed by atoms with van der Waals surface area (Å²) >= 11 is 6.02. The van der Waals surface area contributed by atoms with Crippen molar-refractivity contribution in [2.75, 3.05) is 0 Å². The molecular weight excluding hydrogens is 278 g/mol. The minimum absolute atomic E-state index is 0.352. The highest BCUT2D eigenvalue weighted by molar-refractivity contribution is 6.16. The van der Waals surface area contributed by atoms with E-state index in [1.165, 1.54) is 0 Å². The fourth-order valence-electron chi connectivity index (χ4n) is 2.39. The zero-order valence-electron chi connectivity index (χ0n) is 11.7. The molecule has 0 unspecified atom stereocenters. The van der Waals surface area contributed by atoms with Gasteiger partial charge in [0.25, 0.3) is 0 Å². The topological polar surface area (TPSA) is 66.3 Å². The Labute approximate surface area is 121 Å². The lowest BCUT2D eigenvalue weighted by Crippen LogP contribution is -2.09. The molecule has 8 heteroatoms. The van der Waals surface area contributed by atoms with Crippen LogP contribution in [0.15, 0.2) is 6.33 Å². The van der Waals surface area contributed by atoms with Crippen molar-refractivity contribution in [1.82, 2.24) is 34.1 Å². The van der Waals surface area contributed by atoms with Gasteiger partial charge in [0.15, 0.2) is 11.5 Å². The first-order chi connectivity index (χ1) is 9.63. The highest BCUT2D eigenvalue weighted by Gasteiger charge is 2.18. The first-order valence-corrected chi connectivity index (χ1v) is 6.99. The van der Waals surface area contributed by atoms with Crippen molar-refractivity contribution in [3.8, 4) is 0 Å². The van der Waals surface area contributed by atoms with Crippen LogP contribution in [-0.2, 0) is 32.9 Å². The zero-order chi connectivity index (χ0) is 14.3. The maximum Gasteiger partial charge on any atom is 0.170 e. The number of alkyl halides is 1. The summed E-state index contributed by atoms with van der Waals surface area (Å²) in [4.78, 5) is 8.87. The highest BCUT2D eigenvalue weighted by atomic mass is 35.5. The van der Waals surface area contributed by atoms with Crippen LogP contribution in [0, 0.1) is 0 Å². The maximum absolute atomic E-state index is 6.02. The molecular formula is C12H16ClN7. The third-order valence-electron chi connectivity index (χ3n) is 3.27. The number of aromatic nitrogens is 7. The molecule has 20 heavy (non-hydrogen) atoms. The lowest BCUT2D eigenvalue weighted by atomic mass is 10.3.